The van der Waals surface area contributed by atoms with Crippen molar-refractivity contribution in [2.45, 2.75) is 25.8 Å². The summed E-state index contributed by atoms with van der Waals surface area (Å²) in [5.74, 6) is 0.707. The summed E-state index contributed by atoms with van der Waals surface area (Å²) >= 11 is 11.7. The number of nitrogens with one attached hydrogen (secondary N) is 1. The molecule has 96 valence electrons. The minimum Gasteiger partial charge on any atom is -0.382 e. The first-order valence-corrected chi connectivity index (χ1v) is 6.98. The van der Waals surface area contributed by atoms with Crippen LogP contribution in [0.25, 0.3) is 10.9 Å². The lowest BCUT2D eigenvalue weighted by atomic mass is 10.1. The average Bonchev–Trinajstić information content (AvgIpc) is 2.36. The SMILES string of the molecule is CC(CCCCl)Nc1ccnc2cc(Cl)ccc12. The Bertz CT molecular complexity index is 528. The van der Waals surface area contributed by atoms with Gasteiger partial charge in [0.25, 0.3) is 0 Å². The summed E-state index contributed by atoms with van der Waals surface area (Å²) in [5, 5.41) is 5.30. The molecule has 0 spiro atoms. The van der Waals surface area contributed by atoms with Gasteiger partial charge < -0.3 is 5.32 Å². The molecule has 0 saturated carbocycles. The topological polar surface area (TPSA) is 24.9 Å². The second kappa shape index (κ2) is 6.26. The summed E-state index contributed by atoms with van der Waals surface area (Å²) in [6.07, 6.45) is 3.88. The van der Waals surface area contributed by atoms with E-state index < -0.39 is 0 Å². The Kier molecular flexibility index (Phi) is 4.67. The van der Waals surface area contributed by atoms with E-state index in [0.717, 1.165) is 29.4 Å². The van der Waals surface area contributed by atoms with Gasteiger partial charge in [0, 0.05) is 34.2 Å². The third-order valence-corrected chi connectivity index (χ3v) is 3.38. The van der Waals surface area contributed by atoms with Crippen molar-refractivity contribution < 1.29 is 0 Å². The second-order valence-corrected chi connectivity index (χ2v) is 5.21. The first-order chi connectivity index (χ1) is 8.70. The van der Waals surface area contributed by atoms with E-state index in [1.54, 1.807) is 6.20 Å². The van der Waals surface area contributed by atoms with E-state index in [-0.39, 0.29) is 0 Å². The van der Waals surface area contributed by atoms with Gasteiger partial charge in [-0.3, -0.25) is 4.98 Å². The van der Waals surface area contributed by atoms with E-state index in [9.17, 15) is 0 Å². The summed E-state index contributed by atoms with van der Waals surface area (Å²) in [4.78, 5) is 4.33. The van der Waals surface area contributed by atoms with Crippen LogP contribution < -0.4 is 5.32 Å². The number of alkyl halides is 1. The number of pyridine rings is 1. The Morgan fingerprint density at radius 1 is 1.33 bits per heavy atom. The molecule has 1 atom stereocenters. The molecule has 4 heteroatoms. The highest BCUT2D eigenvalue weighted by Gasteiger charge is 2.06. The molecule has 0 bridgehead atoms. The van der Waals surface area contributed by atoms with Gasteiger partial charge in [-0.1, -0.05) is 11.6 Å². The van der Waals surface area contributed by atoms with Gasteiger partial charge in [-0.2, -0.15) is 0 Å². The van der Waals surface area contributed by atoms with Gasteiger partial charge in [-0.15, -0.1) is 11.6 Å². The summed E-state index contributed by atoms with van der Waals surface area (Å²) in [5.41, 5.74) is 2.01. The molecule has 0 radical (unpaired) electrons. The van der Waals surface area contributed by atoms with Gasteiger partial charge in [0.1, 0.15) is 0 Å². The monoisotopic (exact) mass is 282 g/mol. The fourth-order valence-corrected chi connectivity index (χ4v) is 2.29. The van der Waals surface area contributed by atoms with Crippen molar-refractivity contribution in [1.29, 1.82) is 0 Å². The van der Waals surface area contributed by atoms with Crippen molar-refractivity contribution in [1.82, 2.24) is 4.98 Å². The molecule has 1 N–H and O–H groups in total. The molecule has 0 aliphatic carbocycles. The van der Waals surface area contributed by atoms with Crippen LogP contribution in [0.2, 0.25) is 5.02 Å². The smallest absolute Gasteiger partial charge is 0.0737 e. The average molecular weight is 283 g/mol. The van der Waals surface area contributed by atoms with Crippen LogP contribution in [-0.2, 0) is 0 Å². The molecular formula is C14H16Cl2N2. The molecule has 18 heavy (non-hydrogen) atoms. The molecule has 0 saturated heterocycles. The molecule has 2 aromatic rings. The molecule has 0 aliphatic heterocycles. The zero-order valence-electron chi connectivity index (χ0n) is 10.3. The van der Waals surface area contributed by atoms with Gasteiger partial charge in [0.15, 0.2) is 0 Å². The van der Waals surface area contributed by atoms with Crippen molar-refractivity contribution in [3.05, 3.63) is 35.5 Å². The molecule has 1 aromatic carbocycles. The molecule has 1 heterocycles. The van der Waals surface area contributed by atoms with E-state index in [1.165, 1.54) is 0 Å². The van der Waals surface area contributed by atoms with Crippen LogP contribution in [0.4, 0.5) is 5.69 Å². The number of anilines is 1. The fraction of sp³-hybridized carbons (Fsp3) is 0.357. The zero-order chi connectivity index (χ0) is 13.0. The predicted octanol–water partition coefficient (Wildman–Crippen LogP) is 4.71. The van der Waals surface area contributed by atoms with Crippen molar-refractivity contribution in [3.8, 4) is 0 Å². The fourth-order valence-electron chi connectivity index (χ4n) is 1.97. The lowest BCUT2D eigenvalue weighted by molar-refractivity contribution is 0.694. The Morgan fingerprint density at radius 3 is 2.94 bits per heavy atom. The molecule has 1 aromatic heterocycles. The van der Waals surface area contributed by atoms with Crippen LogP contribution in [0.3, 0.4) is 0 Å². The maximum atomic E-state index is 5.97. The summed E-state index contributed by atoms with van der Waals surface area (Å²) in [6, 6.07) is 8.16. The summed E-state index contributed by atoms with van der Waals surface area (Å²) in [6.45, 7) is 2.16. The first kappa shape index (κ1) is 13.4. The van der Waals surface area contributed by atoms with Crippen molar-refractivity contribution in [3.63, 3.8) is 0 Å². The van der Waals surface area contributed by atoms with E-state index in [2.05, 4.69) is 17.2 Å². The van der Waals surface area contributed by atoms with Crippen molar-refractivity contribution in [2.24, 2.45) is 0 Å². The quantitative estimate of drug-likeness (QED) is 0.804. The Morgan fingerprint density at radius 2 is 2.17 bits per heavy atom. The highest BCUT2D eigenvalue weighted by Crippen LogP contribution is 2.25. The van der Waals surface area contributed by atoms with Gasteiger partial charge in [0.2, 0.25) is 0 Å². The highest BCUT2D eigenvalue weighted by atomic mass is 35.5. The Hall–Kier alpha value is -0.990. The third-order valence-electron chi connectivity index (χ3n) is 2.88. The number of benzene rings is 1. The number of fused-ring (bicyclic) bond motifs is 1. The van der Waals surface area contributed by atoms with Crippen molar-refractivity contribution in [2.75, 3.05) is 11.2 Å². The van der Waals surface area contributed by atoms with Crippen LogP contribution in [0, 0.1) is 0 Å². The van der Waals surface area contributed by atoms with Gasteiger partial charge >= 0.3 is 0 Å². The third kappa shape index (κ3) is 3.27. The largest absolute Gasteiger partial charge is 0.382 e. The highest BCUT2D eigenvalue weighted by molar-refractivity contribution is 6.31. The molecule has 2 nitrogen and oxygen atoms in total. The minimum absolute atomic E-state index is 0.394. The van der Waals surface area contributed by atoms with Crippen LogP contribution in [0.15, 0.2) is 30.5 Å². The molecule has 2 rings (SSSR count). The van der Waals surface area contributed by atoms with Gasteiger partial charge in [-0.25, -0.2) is 0 Å². The number of halogens is 2. The predicted molar refractivity (Wildman–Crippen MR) is 79.8 cm³/mol. The van der Waals surface area contributed by atoms with Gasteiger partial charge in [0.05, 0.1) is 5.52 Å². The summed E-state index contributed by atoms with van der Waals surface area (Å²) in [7, 11) is 0. The van der Waals surface area contributed by atoms with Crippen LogP contribution >= 0.6 is 23.2 Å². The van der Waals surface area contributed by atoms with E-state index in [0.29, 0.717) is 16.9 Å². The van der Waals surface area contributed by atoms with Gasteiger partial charge in [-0.05, 0) is 44.0 Å². The Balaban J connectivity index is 2.22. The number of hydrogen-bond acceptors (Lipinski definition) is 2. The summed E-state index contributed by atoms with van der Waals surface area (Å²) < 4.78 is 0. The molecule has 0 fully saturated rings. The van der Waals surface area contributed by atoms with Crippen LogP contribution in [-0.4, -0.2) is 16.9 Å². The molecular weight excluding hydrogens is 267 g/mol. The normalized spacial score (nSPS) is 12.6. The molecule has 1 unspecified atom stereocenters. The van der Waals surface area contributed by atoms with E-state index >= 15 is 0 Å². The maximum Gasteiger partial charge on any atom is 0.0737 e. The number of hydrogen-bond donors (Lipinski definition) is 1. The zero-order valence-corrected chi connectivity index (χ0v) is 11.8. The van der Waals surface area contributed by atoms with Crippen molar-refractivity contribution >= 4 is 39.8 Å². The number of nitrogens with zero attached hydrogens (tertiary/aromatic N) is 1. The van der Waals surface area contributed by atoms with Crippen LogP contribution in [0.1, 0.15) is 19.8 Å². The van der Waals surface area contributed by atoms with E-state index in [4.69, 9.17) is 23.2 Å². The lowest BCUT2D eigenvalue weighted by Gasteiger charge is -2.16. The number of rotatable bonds is 5. The first-order valence-electron chi connectivity index (χ1n) is 6.07. The lowest BCUT2D eigenvalue weighted by Crippen LogP contribution is -2.15. The Labute approximate surface area is 117 Å². The van der Waals surface area contributed by atoms with E-state index in [1.807, 2.05) is 24.3 Å². The molecule has 0 aliphatic rings. The molecule has 0 amide bonds. The second-order valence-electron chi connectivity index (χ2n) is 4.40. The minimum atomic E-state index is 0.394. The van der Waals surface area contributed by atoms with Crippen LogP contribution in [0.5, 0.6) is 0 Å². The number of aromatic nitrogens is 1. The maximum absolute atomic E-state index is 5.97. The standard InChI is InChI=1S/C14H16Cl2N2/c1-10(3-2-7-15)18-13-6-8-17-14-9-11(16)4-5-12(13)14/h4-6,8-10H,2-3,7H2,1H3,(H,17,18).